The van der Waals surface area contributed by atoms with Crippen LogP contribution in [0.15, 0.2) is 66.2 Å². The molecule has 4 N–H and O–H groups in total. The van der Waals surface area contributed by atoms with Crippen LogP contribution in [0, 0.1) is 0 Å². The van der Waals surface area contributed by atoms with E-state index in [4.69, 9.17) is 10.5 Å². The molecular weight excluding hydrogens is 572 g/mol. The number of aromatic nitrogens is 2. The quantitative estimate of drug-likeness (QED) is 0.179. The smallest absolute Gasteiger partial charge is 0.272 e. The fourth-order valence-corrected chi connectivity index (χ4v) is 7.14. The number of hydrogen-bond donors (Lipinski definition) is 3. The summed E-state index contributed by atoms with van der Waals surface area (Å²) in [5, 5.41) is 9.89. The number of fused-ring (bicyclic) bond motifs is 2. The number of carbonyl (C=O) groups excluding carboxylic acids is 2. The molecule has 10 heteroatoms. The van der Waals surface area contributed by atoms with Gasteiger partial charge in [-0.25, -0.2) is 4.98 Å². The number of likely N-dealkylation sites (tertiary alicyclic amines) is 1. The number of thiophene rings is 1. The van der Waals surface area contributed by atoms with Gasteiger partial charge in [0.1, 0.15) is 17.3 Å². The largest absolute Gasteiger partial charge is 0.495 e. The van der Waals surface area contributed by atoms with Gasteiger partial charge < -0.3 is 25.7 Å². The molecule has 0 unspecified atom stereocenters. The third kappa shape index (κ3) is 5.66. The first-order chi connectivity index (χ1) is 21.4. The van der Waals surface area contributed by atoms with Gasteiger partial charge in [0, 0.05) is 64.0 Å². The maximum absolute atomic E-state index is 13.2. The second-order valence-electron chi connectivity index (χ2n) is 11.0. The number of hydrogen-bond acceptors (Lipinski definition) is 7. The van der Waals surface area contributed by atoms with Crippen molar-refractivity contribution < 1.29 is 14.3 Å². The van der Waals surface area contributed by atoms with Crippen LogP contribution in [0.5, 0.6) is 5.75 Å². The fourth-order valence-electron chi connectivity index (χ4n) is 6.06. The molecule has 44 heavy (non-hydrogen) atoms. The van der Waals surface area contributed by atoms with Crippen LogP contribution in [-0.2, 0) is 11.8 Å². The molecule has 226 valence electrons. The van der Waals surface area contributed by atoms with E-state index in [-0.39, 0.29) is 11.8 Å². The summed E-state index contributed by atoms with van der Waals surface area (Å²) in [5.74, 6) is 0.582. The number of benzene rings is 2. The molecule has 0 saturated carbocycles. The highest BCUT2D eigenvalue weighted by molar-refractivity contribution is 7.18. The molecule has 0 bridgehead atoms. The first kappa shape index (κ1) is 29.4. The SMILES string of the molecule is CCN1CCC[C@H]1CNC(=O)C=Cc1cnc(N)c2c(-c3ccc(NC(=O)c4cc5ccccc5n4C)c(OC)c3)csc12. The van der Waals surface area contributed by atoms with Crippen molar-refractivity contribution in [3.8, 4) is 16.9 Å². The molecule has 1 fully saturated rings. The van der Waals surface area contributed by atoms with Crippen molar-refractivity contribution in [2.45, 2.75) is 25.8 Å². The molecule has 1 aliphatic heterocycles. The van der Waals surface area contributed by atoms with Gasteiger partial charge in [0.2, 0.25) is 5.91 Å². The summed E-state index contributed by atoms with van der Waals surface area (Å²) < 4.78 is 8.51. The number of rotatable bonds is 9. The highest BCUT2D eigenvalue weighted by atomic mass is 32.1. The Morgan fingerprint density at radius 2 is 2.05 bits per heavy atom. The Bertz CT molecular complexity index is 1890. The number of carbonyl (C=O) groups is 2. The summed E-state index contributed by atoms with van der Waals surface area (Å²) in [6.45, 7) is 4.90. The van der Waals surface area contributed by atoms with E-state index < -0.39 is 0 Å². The lowest BCUT2D eigenvalue weighted by molar-refractivity contribution is -0.116. The van der Waals surface area contributed by atoms with E-state index in [1.807, 2.05) is 65.5 Å². The number of para-hydroxylation sites is 1. The minimum atomic E-state index is -0.226. The number of aryl methyl sites for hydroxylation is 1. The van der Waals surface area contributed by atoms with Crippen molar-refractivity contribution in [1.29, 1.82) is 0 Å². The summed E-state index contributed by atoms with van der Waals surface area (Å²) in [5.41, 5.74) is 11.1. The predicted molar refractivity (Wildman–Crippen MR) is 179 cm³/mol. The third-order valence-electron chi connectivity index (χ3n) is 8.43. The van der Waals surface area contributed by atoms with Gasteiger partial charge in [0.25, 0.3) is 5.91 Å². The Balaban J connectivity index is 1.22. The Kier molecular flexibility index (Phi) is 8.36. The van der Waals surface area contributed by atoms with Gasteiger partial charge >= 0.3 is 0 Å². The molecule has 5 aromatic rings. The summed E-state index contributed by atoms with van der Waals surface area (Å²) in [6.07, 6.45) is 7.34. The normalized spacial score (nSPS) is 15.4. The van der Waals surface area contributed by atoms with Crippen LogP contribution in [0.25, 0.3) is 38.2 Å². The number of likely N-dealkylation sites (N-methyl/N-ethyl adjacent to an activating group) is 1. The molecular formula is C34H36N6O3S. The second-order valence-corrected chi connectivity index (χ2v) is 11.9. The van der Waals surface area contributed by atoms with Crippen molar-refractivity contribution in [3.05, 3.63) is 77.4 Å². The van der Waals surface area contributed by atoms with E-state index in [0.29, 0.717) is 35.5 Å². The zero-order chi connectivity index (χ0) is 30.8. The van der Waals surface area contributed by atoms with Gasteiger partial charge in [-0.3, -0.25) is 14.5 Å². The van der Waals surface area contributed by atoms with Crippen LogP contribution >= 0.6 is 11.3 Å². The predicted octanol–water partition coefficient (Wildman–Crippen LogP) is 5.91. The van der Waals surface area contributed by atoms with Crippen molar-refractivity contribution in [2.24, 2.45) is 7.05 Å². The Morgan fingerprint density at radius 1 is 1.20 bits per heavy atom. The summed E-state index contributed by atoms with van der Waals surface area (Å²) >= 11 is 1.54. The van der Waals surface area contributed by atoms with Crippen molar-refractivity contribution in [2.75, 3.05) is 37.8 Å². The lowest BCUT2D eigenvalue weighted by Crippen LogP contribution is -2.39. The molecule has 3 aromatic heterocycles. The number of anilines is 2. The maximum Gasteiger partial charge on any atom is 0.272 e. The van der Waals surface area contributed by atoms with E-state index in [0.717, 1.165) is 57.2 Å². The minimum absolute atomic E-state index is 0.125. The zero-order valence-corrected chi connectivity index (χ0v) is 25.9. The number of nitrogens with one attached hydrogen (secondary N) is 2. The first-order valence-corrected chi connectivity index (χ1v) is 15.7. The monoisotopic (exact) mass is 608 g/mol. The van der Waals surface area contributed by atoms with Gasteiger partial charge in [-0.05, 0) is 67.2 Å². The molecule has 2 amide bonds. The Labute approximate surface area is 260 Å². The summed E-state index contributed by atoms with van der Waals surface area (Å²) in [6, 6.07) is 15.8. The van der Waals surface area contributed by atoms with E-state index >= 15 is 0 Å². The number of pyridine rings is 1. The molecule has 0 aliphatic carbocycles. The van der Waals surface area contributed by atoms with Crippen LogP contribution in [0.3, 0.4) is 0 Å². The topological polar surface area (TPSA) is 115 Å². The number of nitrogens with zero attached hydrogens (tertiary/aromatic N) is 3. The van der Waals surface area contributed by atoms with E-state index in [9.17, 15) is 9.59 Å². The maximum atomic E-state index is 13.2. The van der Waals surface area contributed by atoms with E-state index in [1.165, 1.54) is 6.42 Å². The number of ether oxygens (including phenoxy) is 1. The lowest BCUT2D eigenvalue weighted by atomic mass is 10.0. The third-order valence-corrected chi connectivity index (χ3v) is 9.46. The summed E-state index contributed by atoms with van der Waals surface area (Å²) in [4.78, 5) is 32.7. The zero-order valence-electron chi connectivity index (χ0n) is 25.1. The second kappa shape index (κ2) is 12.5. The summed E-state index contributed by atoms with van der Waals surface area (Å²) in [7, 11) is 3.46. The fraction of sp³-hybridized carbons (Fsp3) is 0.265. The molecule has 2 aromatic carbocycles. The van der Waals surface area contributed by atoms with Crippen molar-refractivity contribution in [3.63, 3.8) is 0 Å². The lowest BCUT2D eigenvalue weighted by Gasteiger charge is -2.22. The van der Waals surface area contributed by atoms with Gasteiger partial charge in [-0.2, -0.15) is 0 Å². The molecule has 0 radical (unpaired) electrons. The molecule has 4 heterocycles. The highest BCUT2D eigenvalue weighted by Gasteiger charge is 2.23. The van der Waals surface area contributed by atoms with Gasteiger partial charge in [-0.1, -0.05) is 31.2 Å². The Morgan fingerprint density at radius 3 is 2.84 bits per heavy atom. The van der Waals surface area contributed by atoms with Crippen LogP contribution in [0.1, 0.15) is 35.8 Å². The van der Waals surface area contributed by atoms with E-state index in [2.05, 4.69) is 27.4 Å². The number of nitrogens with two attached hydrogens (primary N) is 1. The first-order valence-electron chi connectivity index (χ1n) is 14.8. The average Bonchev–Trinajstić information content (AvgIpc) is 3.78. The molecule has 1 aliphatic rings. The Hall–Kier alpha value is -4.67. The number of methoxy groups -OCH3 is 1. The van der Waals surface area contributed by atoms with Crippen molar-refractivity contribution >= 4 is 61.7 Å². The number of amides is 2. The van der Waals surface area contributed by atoms with Crippen molar-refractivity contribution in [1.82, 2.24) is 19.8 Å². The highest BCUT2D eigenvalue weighted by Crippen LogP contribution is 2.41. The van der Waals surface area contributed by atoms with Gasteiger partial charge in [-0.15, -0.1) is 11.3 Å². The standard InChI is InChI=1S/C34H36N6O3S/c1-4-40-15-7-9-24(40)19-36-30(41)14-12-23-18-37-33(35)31-25(20-44-32(23)31)21-11-13-26(29(17-21)43-3)38-34(42)28-16-22-8-5-6-10-27(22)39(28)2/h5-6,8,10-14,16-18,20,24H,4,7,9,15,19H2,1-3H3,(H2,35,37)(H,36,41)(H,38,42)/t24-/m0/s1. The molecule has 0 spiro atoms. The van der Waals surface area contributed by atoms with Crippen LogP contribution < -0.4 is 21.1 Å². The molecule has 6 rings (SSSR count). The average molecular weight is 609 g/mol. The van der Waals surface area contributed by atoms with Gasteiger partial charge in [0.05, 0.1) is 12.8 Å². The molecule has 1 atom stereocenters. The number of nitrogen functional groups attached to an aromatic ring is 1. The van der Waals surface area contributed by atoms with Crippen LogP contribution in [0.2, 0.25) is 0 Å². The van der Waals surface area contributed by atoms with Crippen LogP contribution in [-0.4, -0.2) is 59.1 Å². The minimum Gasteiger partial charge on any atom is -0.495 e. The molecule has 1 saturated heterocycles. The van der Waals surface area contributed by atoms with Crippen LogP contribution in [0.4, 0.5) is 11.5 Å². The van der Waals surface area contributed by atoms with E-state index in [1.54, 1.807) is 36.8 Å². The molecule has 9 nitrogen and oxygen atoms in total. The van der Waals surface area contributed by atoms with Gasteiger partial charge in [0.15, 0.2) is 0 Å².